The quantitative estimate of drug-likeness (QED) is 0.651. The Labute approximate surface area is 125 Å². The van der Waals surface area contributed by atoms with Gasteiger partial charge in [0.15, 0.2) is 0 Å². The van der Waals surface area contributed by atoms with Gasteiger partial charge in [-0.25, -0.2) is 0 Å². The van der Waals surface area contributed by atoms with Crippen molar-refractivity contribution >= 4 is 0 Å². The third-order valence-electron chi connectivity index (χ3n) is 4.05. The summed E-state index contributed by atoms with van der Waals surface area (Å²) in [6, 6.07) is 9.28. The number of likely N-dealkylation sites (N-methyl/N-ethyl adjacent to an activating group) is 1. The number of aryl methyl sites for hydroxylation is 1. The largest absolute Gasteiger partial charge is 0.329 e. The maximum Gasteiger partial charge on any atom is 0.0234 e. The lowest BCUT2D eigenvalue weighted by Gasteiger charge is -2.27. The van der Waals surface area contributed by atoms with Crippen molar-refractivity contribution in [2.75, 3.05) is 13.6 Å². The average Bonchev–Trinajstić information content (AvgIpc) is 2.42. The van der Waals surface area contributed by atoms with Crippen LogP contribution in [-0.4, -0.2) is 24.5 Å². The first kappa shape index (κ1) is 17.2. The van der Waals surface area contributed by atoms with Crippen LogP contribution < -0.4 is 5.73 Å². The van der Waals surface area contributed by atoms with Crippen molar-refractivity contribution in [2.24, 2.45) is 5.73 Å². The molecule has 0 saturated heterocycles. The molecule has 0 heterocycles. The van der Waals surface area contributed by atoms with Gasteiger partial charge in [0, 0.05) is 19.1 Å². The molecule has 0 aliphatic heterocycles. The van der Waals surface area contributed by atoms with E-state index in [1.54, 1.807) is 0 Å². The van der Waals surface area contributed by atoms with Crippen LogP contribution in [0.1, 0.15) is 56.6 Å². The molecule has 114 valence electrons. The van der Waals surface area contributed by atoms with Gasteiger partial charge in [-0.15, -0.1) is 0 Å². The van der Waals surface area contributed by atoms with Gasteiger partial charge >= 0.3 is 0 Å². The first-order chi connectivity index (χ1) is 9.67. The molecular formula is C18H32N2. The molecule has 1 aromatic carbocycles. The summed E-state index contributed by atoms with van der Waals surface area (Å²) in [6.45, 7) is 6.17. The second-order valence-corrected chi connectivity index (χ2v) is 6.00. The molecule has 1 atom stereocenters. The van der Waals surface area contributed by atoms with Crippen LogP contribution in [0.3, 0.4) is 0 Å². The van der Waals surface area contributed by atoms with Crippen LogP contribution in [0, 0.1) is 6.92 Å². The van der Waals surface area contributed by atoms with Crippen molar-refractivity contribution < 1.29 is 0 Å². The summed E-state index contributed by atoms with van der Waals surface area (Å²) in [4.78, 5) is 2.41. The molecule has 2 nitrogen and oxygen atoms in total. The van der Waals surface area contributed by atoms with E-state index in [2.05, 4.69) is 50.1 Å². The smallest absolute Gasteiger partial charge is 0.0234 e. The van der Waals surface area contributed by atoms with E-state index in [-0.39, 0.29) is 0 Å². The topological polar surface area (TPSA) is 29.3 Å². The van der Waals surface area contributed by atoms with E-state index in [9.17, 15) is 0 Å². The Bertz CT molecular complexity index is 362. The minimum Gasteiger partial charge on any atom is -0.329 e. The van der Waals surface area contributed by atoms with Gasteiger partial charge in [0.25, 0.3) is 0 Å². The van der Waals surface area contributed by atoms with Gasteiger partial charge in [-0.2, -0.15) is 0 Å². The van der Waals surface area contributed by atoms with E-state index < -0.39 is 0 Å². The fourth-order valence-corrected chi connectivity index (χ4v) is 2.73. The number of hydrogen-bond donors (Lipinski definition) is 1. The number of rotatable bonds is 10. The maximum absolute atomic E-state index is 5.96. The standard InChI is InChI=1S/C18H32N2/c1-4-5-6-7-8-12-18(14-19)20(3)15-17-11-9-10-16(2)13-17/h9-11,13,18H,4-8,12,14-15,19H2,1-3H3. The molecule has 1 rings (SSSR count). The molecule has 1 aromatic rings. The summed E-state index contributed by atoms with van der Waals surface area (Å²) in [7, 11) is 2.20. The lowest BCUT2D eigenvalue weighted by atomic mass is 10.0. The minimum atomic E-state index is 0.511. The Morgan fingerprint density at radius 1 is 1.15 bits per heavy atom. The van der Waals surface area contributed by atoms with Crippen molar-refractivity contribution in [3.8, 4) is 0 Å². The second kappa shape index (κ2) is 9.95. The normalized spacial score (nSPS) is 12.8. The van der Waals surface area contributed by atoms with E-state index >= 15 is 0 Å². The van der Waals surface area contributed by atoms with Gasteiger partial charge in [-0.05, 0) is 26.0 Å². The summed E-state index contributed by atoms with van der Waals surface area (Å²) in [5.41, 5.74) is 8.68. The van der Waals surface area contributed by atoms with Gasteiger partial charge in [0.1, 0.15) is 0 Å². The predicted molar refractivity (Wildman–Crippen MR) is 88.9 cm³/mol. The zero-order chi connectivity index (χ0) is 14.8. The molecule has 0 aliphatic rings. The zero-order valence-corrected chi connectivity index (χ0v) is 13.6. The molecule has 0 spiro atoms. The fourth-order valence-electron chi connectivity index (χ4n) is 2.73. The van der Waals surface area contributed by atoms with Gasteiger partial charge in [-0.3, -0.25) is 4.90 Å². The van der Waals surface area contributed by atoms with Crippen LogP contribution in [0.25, 0.3) is 0 Å². The van der Waals surface area contributed by atoms with E-state index in [1.807, 2.05) is 0 Å². The Kier molecular flexibility index (Phi) is 8.56. The number of hydrogen-bond acceptors (Lipinski definition) is 2. The van der Waals surface area contributed by atoms with E-state index in [4.69, 9.17) is 5.73 Å². The van der Waals surface area contributed by atoms with E-state index in [0.717, 1.165) is 13.1 Å². The molecule has 0 fully saturated rings. The second-order valence-electron chi connectivity index (χ2n) is 6.00. The molecular weight excluding hydrogens is 244 g/mol. The molecule has 1 unspecified atom stereocenters. The van der Waals surface area contributed by atoms with Crippen LogP contribution in [0.15, 0.2) is 24.3 Å². The van der Waals surface area contributed by atoms with Crippen molar-refractivity contribution in [1.82, 2.24) is 4.90 Å². The predicted octanol–water partition coefficient (Wildman–Crippen LogP) is 4.11. The van der Waals surface area contributed by atoms with Gasteiger partial charge < -0.3 is 5.73 Å². The van der Waals surface area contributed by atoms with Gasteiger partial charge in [0.05, 0.1) is 0 Å². The molecule has 20 heavy (non-hydrogen) atoms. The molecule has 0 aromatic heterocycles. The van der Waals surface area contributed by atoms with Crippen LogP contribution >= 0.6 is 0 Å². The van der Waals surface area contributed by atoms with Crippen molar-refractivity contribution in [1.29, 1.82) is 0 Å². The average molecular weight is 276 g/mol. The summed E-state index contributed by atoms with van der Waals surface area (Å²) in [6.07, 6.45) is 7.93. The third kappa shape index (κ3) is 6.53. The number of nitrogens with two attached hydrogens (primary N) is 1. The molecule has 2 N–H and O–H groups in total. The highest BCUT2D eigenvalue weighted by molar-refractivity contribution is 5.22. The van der Waals surface area contributed by atoms with Crippen LogP contribution in [-0.2, 0) is 6.54 Å². The number of nitrogens with zero attached hydrogens (tertiary/aromatic N) is 1. The van der Waals surface area contributed by atoms with Crippen molar-refractivity contribution in [3.05, 3.63) is 35.4 Å². The molecule has 2 heteroatoms. The minimum absolute atomic E-state index is 0.511. The number of benzene rings is 1. The van der Waals surface area contributed by atoms with E-state index in [0.29, 0.717) is 6.04 Å². The summed E-state index contributed by atoms with van der Waals surface area (Å²) < 4.78 is 0. The highest BCUT2D eigenvalue weighted by Gasteiger charge is 2.12. The van der Waals surface area contributed by atoms with E-state index in [1.165, 1.54) is 49.7 Å². The lowest BCUT2D eigenvalue weighted by Crippen LogP contribution is -2.37. The Hall–Kier alpha value is -0.860. The van der Waals surface area contributed by atoms with Crippen molar-refractivity contribution in [2.45, 2.75) is 65.0 Å². The molecule has 0 aliphatic carbocycles. The summed E-state index contributed by atoms with van der Waals surface area (Å²) >= 11 is 0. The van der Waals surface area contributed by atoms with Crippen molar-refractivity contribution in [3.63, 3.8) is 0 Å². The SMILES string of the molecule is CCCCCCCC(CN)N(C)Cc1cccc(C)c1. The first-order valence-electron chi connectivity index (χ1n) is 8.13. The number of unbranched alkanes of at least 4 members (excludes halogenated alkanes) is 4. The highest BCUT2D eigenvalue weighted by Crippen LogP contribution is 2.13. The van der Waals surface area contributed by atoms with Crippen LogP contribution in [0.2, 0.25) is 0 Å². The molecule has 0 bridgehead atoms. The molecule has 0 saturated carbocycles. The first-order valence-corrected chi connectivity index (χ1v) is 8.13. The zero-order valence-electron chi connectivity index (χ0n) is 13.6. The Morgan fingerprint density at radius 2 is 1.90 bits per heavy atom. The summed E-state index contributed by atoms with van der Waals surface area (Å²) in [5.74, 6) is 0. The monoisotopic (exact) mass is 276 g/mol. The Balaban J connectivity index is 2.36. The van der Waals surface area contributed by atoms with Crippen LogP contribution in [0.4, 0.5) is 0 Å². The highest BCUT2D eigenvalue weighted by atomic mass is 15.1. The van der Waals surface area contributed by atoms with Gasteiger partial charge in [-0.1, -0.05) is 68.9 Å². The molecule has 0 radical (unpaired) electrons. The van der Waals surface area contributed by atoms with Crippen LogP contribution in [0.5, 0.6) is 0 Å². The maximum atomic E-state index is 5.96. The third-order valence-corrected chi connectivity index (χ3v) is 4.05. The lowest BCUT2D eigenvalue weighted by molar-refractivity contribution is 0.222. The fraction of sp³-hybridized carbons (Fsp3) is 0.667. The molecule has 0 amide bonds. The van der Waals surface area contributed by atoms with Gasteiger partial charge in [0.2, 0.25) is 0 Å². The summed E-state index contributed by atoms with van der Waals surface area (Å²) in [5, 5.41) is 0. The Morgan fingerprint density at radius 3 is 2.55 bits per heavy atom.